The predicted octanol–water partition coefficient (Wildman–Crippen LogP) is 2.02. The molecule has 0 aliphatic carbocycles. The second-order valence-electron chi connectivity index (χ2n) is 5.40. The molecule has 1 amide bonds. The maximum atomic E-state index is 11.9. The van der Waals surface area contributed by atoms with Crippen molar-refractivity contribution in [3.63, 3.8) is 0 Å². The van der Waals surface area contributed by atoms with Crippen LogP contribution >= 0.6 is 0 Å². The van der Waals surface area contributed by atoms with E-state index in [1.54, 1.807) is 12.1 Å². The number of ether oxygens (including phenoxy) is 1. The number of rotatable bonds is 4. The maximum Gasteiger partial charge on any atom is 0.414 e. The molecule has 7 nitrogen and oxygen atoms in total. The zero-order chi connectivity index (χ0) is 14.8. The van der Waals surface area contributed by atoms with Crippen molar-refractivity contribution in [2.75, 3.05) is 31.1 Å². The van der Waals surface area contributed by atoms with Gasteiger partial charge in [0.05, 0.1) is 11.5 Å². The number of benzene rings is 1. The van der Waals surface area contributed by atoms with Gasteiger partial charge in [-0.2, -0.15) is 0 Å². The largest absolute Gasteiger partial charge is 0.443 e. The SMILES string of the molecule is O=C1OC(CN2CCCC2)CN1c1ccc([N+](=O)[O-])cc1. The lowest BCUT2D eigenvalue weighted by atomic mass is 10.2. The van der Waals surface area contributed by atoms with Gasteiger partial charge in [0, 0.05) is 24.4 Å². The van der Waals surface area contributed by atoms with E-state index in [0.29, 0.717) is 12.2 Å². The first-order valence-corrected chi connectivity index (χ1v) is 7.08. The van der Waals surface area contributed by atoms with E-state index in [2.05, 4.69) is 4.90 Å². The van der Waals surface area contributed by atoms with E-state index in [1.165, 1.54) is 29.9 Å². The highest BCUT2D eigenvalue weighted by atomic mass is 16.6. The van der Waals surface area contributed by atoms with Crippen LogP contribution in [0, 0.1) is 10.1 Å². The molecule has 2 heterocycles. The predicted molar refractivity (Wildman–Crippen MR) is 76.4 cm³/mol. The number of nitrogens with zero attached hydrogens (tertiary/aromatic N) is 3. The van der Waals surface area contributed by atoms with Gasteiger partial charge in [0.2, 0.25) is 0 Å². The number of anilines is 1. The number of carbonyl (C=O) groups is 1. The van der Waals surface area contributed by atoms with Gasteiger partial charge in [0.15, 0.2) is 0 Å². The molecule has 2 aliphatic rings. The highest BCUT2D eigenvalue weighted by Gasteiger charge is 2.34. The van der Waals surface area contributed by atoms with Crippen molar-refractivity contribution in [1.82, 2.24) is 4.90 Å². The summed E-state index contributed by atoms with van der Waals surface area (Å²) in [4.78, 5) is 25.9. The van der Waals surface area contributed by atoms with Crippen molar-refractivity contribution in [3.8, 4) is 0 Å². The molecular weight excluding hydrogens is 274 g/mol. The van der Waals surface area contributed by atoms with Crippen LogP contribution in [-0.4, -0.2) is 48.2 Å². The molecule has 0 spiro atoms. The van der Waals surface area contributed by atoms with Crippen LogP contribution in [0.15, 0.2) is 24.3 Å². The quantitative estimate of drug-likeness (QED) is 0.626. The first kappa shape index (κ1) is 13.8. The molecule has 0 N–H and O–H groups in total. The van der Waals surface area contributed by atoms with Crippen molar-refractivity contribution < 1.29 is 14.5 Å². The Morgan fingerprint density at radius 1 is 1.24 bits per heavy atom. The molecule has 0 aromatic heterocycles. The van der Waals surface area contributed by atoms with Gasteiger partial charge in [-0.1, -0.05) is 0 Å². The monoisotopic (exact) mass is 291 g/mol. The van der Waals surface area contributed by atoms with Gasteiger partial charge in [-0.05, 0) is 38.1 Å². The van der Waals surface area contributed by atoms with Crippen LogP contribution in [0.2, 0.25) is 0 Å². The van der Waals surface area contributed by atoms with E-state index in [-0.39, 0.29) is 17.9 Å². The molecule has 112 valence electrons. The molecule has 1 aromatic rings. The van der Waals surface area contributed by atoms with E-state index in [0.717, 1.165) is 19.6 Å². The molecule has 21 heavy (non-hydrogen) atoms. The Kier molecular flexibility index (Phi) is 3.74. The maximum absolute atomic E-state index is 11.9. The van der Waals surface area contributed by atoms with Crippen molar-refractivity contribution in [2.24, 2.45) is 0 Å². The fourth-order valence-electron chi connectivity index (χ4n) is 2.83. The Hall–Kier alpha value is -2.15. The van der Waals surface area contributed by atoms with Crippen LogP contribution in [0.25, 0.3) is 0 Å². The highest BCUT2D eigenvalue weighted by molar-refractivity contribution is 5.89. The highest BCUT2D eigenvalue weighted by Crippen LogP contribution is 2.25. The number of amides is 1. The summed E-state index contributed by atoms with van der Waals surface area (Å²) in [7, 11) is 0. The number of nitro groups is 1. The third kappa shape index (κ3) is 2.97. The van der Waals surface area contributed by atoms with Crippen LogP contribution < -0.4 is 4.90 Å². The Labute approximate surface area is 122 Å². The Morgan fingerprint density at radius 3 is 2.52 bits per heavy atom. The van der Waals surface area contributed by atoms with Crippen molar-refractivity contribution >= 4 is 17.5 Å². The summed E-state index contributed by atoms with van der Waals surface area (Å²) in [5.41, 5.74) is 0.648. The fraction of sp³-hybridized carbons (Fsp3) is 0.500. The minimum absolute atomic E-state index is 0.0138. The molecule has 2 fully saturated rings. The lowest BCUT2D eigenvalue weighted by Gasteiger charge is -2.18. The van der Waals surface area contributed by atoms with Gasteiger partial charge >= 0.3 is 6.09 Å². The molecule has 1 atom stereocenters. The van der Waals surface area contributed by atoms with Crippen molar-refractivity contribution in [1.29, 1.82) is 0 Å². The van der Waals surface area contributed by atoms with E-state index in [9.17, 15) is 14.9 Å². The smallest absolute Gasteiger partial charge is 0.414 e. The summed E-state index contributed by atoms with van der Waals surface area (Å²) in [5, 5.41) is 10.6. The second kappa shape index (κ2) is 5.69. The molecular formula is C14H17N3O4. The summed E-state index contributed by atoms with van der Waals surface area (Å²) < 4.78 is 5.38. The Morgan fingerprint density at radius 2 is 1.90 bits per heavy atom. The molecule has 1 unspecified atom stereocenters. The molecule has 2 saturated heterocycles. The molecule has 0 saturated carbocycles. The van der Waals surface area contributed by atoms with Crippen LogP contribution in [0.5, 0.6) is 0 Å². The fourth-order valence-corrected chi connectivity index (χ4v) is 2.83. The van der Waals surface area contributed by atoms with E-state index >= 15 is 0 Å². The minimum atomic E-state index is -0.456. The molecule has 3 rings (SSSR count). The first-order chi connectivity index (χ1) is 10.1. The number of hydrogen-bond donors (Lipinski definition) is 0. The molecule has 0 radical (unpaired) electrons. The van der Waals surface area contributed by atoms with Crippen LogP contribution in [0.4, 0.5) is 16.2 Å². The number of carbonyl (C=O) groups excluding carboxylic acids is 1. The number of hydrogen-bond acceptors (Lipinski definition) is 5. The number of nitro benzene ring substituents is 1. The average molecular weight is 291 g/mol. The van der Waals surface area contributed by atoms with Gasteiger partial charge in [-0.3, -0.25) is 19.9 Å². The summed E-state index contributed by atoms with van der Waals surface area (Å²) >= 11 is 0. The summed E-state index contributed by atoms with van der Waals surface area (Å²) in [6.45, 7) is 3.37. The number of likely N-dealkylation sites (tertiary alicyclic amines) is 1. The molecule has 1 aromatic carbocycles. The first-order valence-electron chi connectivity index (χ1n) is 7.08. The third-order valence-electron chi connectivity index (χ3n) is 3.91. The van der Waals surface area contributed by atoms with E-state index in [1.807, 2.05) is 0 Å². The van der Waals surface area contributed by atoms with Gasteiger partial charge in [-0.15, -0.1) is 0 Å². The van der Waals surface area contributed by atoms with Crippen molar-refractivity contribution in [3.05, 3.63) is 34.4 Å². The lowest BCUT2D eigenvalue weighted by Crippen LogP contribution is -2.33. The van der Waals surface area contributed by atoms with Crippen LogP contribution in [0.3, 0.4) is 0 Å². The van der Waals surface area contributed by atoms with Gasteiger partial charge < -0.3 is 4.74 Å². The number of non-ortho nitro benzene ring substituents is 1. The normalized spacial score (nSPS) is 22.6. The average Bonchev–Trinajstić information content (AvgIpc) is 3.09. The second-order valence-corrected chi connectivity index (χ2v) is 5.40. The third-order valence-corrected chi connectivity index (χ3v) is 3.91. The van der Waals surface area contributed by atoms with Crippen LogP contribution in [-0.2, 0) is 4.74 Å². The van der Waals surface area contributed by atoms with E-state index < -0.39 is 4.92 Å². The van der Waals surface area contributed by atoms with Crippen molar-refractivity contribution in [2.45, 2.75) is 18.9 Å². The topological polar surface area (TPSA) is 75.9 Å². The Bertz CT molecular complexity index is 540. The van der Waals surface area contributed by atoms with Gasteiger partial charge in [0.25, 0.3) is 5.69 Å². The Balaban J connectivity index is 1.65. The molecule has 7 heteroatoms. The summed E-state index contributed by atoms with van der Waals surface area (Å²) in [5.74, 6) is 0. The number of cyclic esters (lactones) is 1. The van der Waals surface area contributed by atoms with E-state index in [4.69, 9.17) is 4.74 Å². The van der Waals surface area contributed by atoms with Gasteiger partial charge in [0.1, 0.15) is 6.10 Å². The zero-order valence-corrected chi connectivity index (χ0v) is 11.6. The lowest BCUT2D eigenvalue weighted by molar-refractivity contribution is -0.384. The molecule has 2 aliphatic heterocycles. The van der Waals surface area contributed by atoms with Crippen LogP contribution in [0.1, 0.15) is 12.8 Å². The summed E-state index contributed by atoms with van der Waals surface area (Å²) in [6.07, 6.45) is 1.89. The van der Waals surface area contributed by atoms with Gasteiger partial charge in [-0.25, -0.2) is 4.79 Å². The molecule has 0 bridgehead atoms. The summed E-state index contributed by atoms with van der Waals surface area (Å²) in [6, 6.07) is 5.96. The minimum Gasteiger partial charge on any atom is -0.443 e. The standard InChI is InChI=1S/C14H17N3O4/c18-14-16(11-3-5-12(6-4-11)17(19)20)10-13(21-14)9-15-7-1-2-8-15/h3-6,13H,1-2,7-10H2. The zero-order valence-electron chi connectivity index (χ0n) is 11.6.